The molecule has 1 N–H and O–H groups in total. The molecular formula is C13H23FN2O3. The van der Waals surface area contributed by atoms with Crippen molar-refractivity contribution >= 4 is 12.5 Å². The topological polar surface area (TPSA) is 58.6 Å². The van der Waals surface area contributed by atoms with Crippen molar-refractivity contribution in [2.45, 2.75) is 45.4 Å². The number of carbonyl (C=O) groups is 2. The molecule has 1 heterocycles. The monoisotopic (exact) mass is 274 g/mol. The van der Waals surface area contributed by atoms with E-state index >= 15 is 0 Å². The molecule has 19 heavy (non-hydrogen) atoms. The molecule has 0 saturated carbocycles. The summed E-state index contributed by atoms with van der Waals surface area (Å²) >= 11 is 0. The lowest BCUT2D eigenvalue weighted by Gasteiger charge is -2.41. The molecule has 0 aliphatic carbocycles. The second kappa shape index (κ2) is 5.75. The molecule has 0 aromatic carbocycles. The minimum Gasteiger partial charge on any atom is -0.444 e. The van der Waals surface area contributed by atoms with E-state index in [1.165, 1.54) is 11.8 Å². The number of piperidine rings is 1. The molecule has 0 radical (unpaired) electrons. The summed E-state index contributed by atoms with van der Waals surface area (Å²) in [6.45, 7) is 7.69. The van der Waals surface area contributed by atoms with Crippen LogP contribution in [0.3, 0.4) is 0 Å². The Bertz CT molecular complexity index is 339. The largest absolute Gasteiger partial charge is 0.444 e. The summed E-state index contributed by atoms with van der Waals surface area (Å²) in [5.74, 6) is -0.418. The number of likely N-dealkylation sites (tertiary alicyclic amines) is 1. The van der Waals surface area contributed by atoms with Crippen LogP contribution < -0.4 is 5.32 Å². The van der Waals surface area contributed by atoms with Gasteiger partial charge in [-0.15, -0.1) is 0 Å². The van der Waals surface area contributed by atoms with Crippen molar-refractivity contribution in [1.29, 1.82) is 0 Å². The highest BCUT2D eigenvalue weighted by Gasteiger charge is 2.41. The maximum atomic E-state index is 14.3. The van der Waals surface area contributed by atoms with Crippen LogP contribution in [0.15, 0.2) is 0 Å². The van der Waals surface area contributed by atoms with Crippen LogP contribution in [0.5, 0.6) is 0 Å². The fraction of sp³-hybridized carbons (Fsp3) is 0.846. The fourth-order valence-electron chi connectivity index (χ4n) is 2.07. The molecule has 2 atom stereocenters. The van der Waals surface area contributed by atoms with Crippen LogP contribution in [0.25, 0.3) is 0 Å². The number of hydrogen-bond acceptors (Lipinski definition) is 3. The molecule has 1 aliphatic heterocycles. The lowest BCUT2D eigenvalue weighted by Crippen LogP contribution is -2.53. The van der Waals surface area contributed by atoms with Crippen LogP contribution in [0.2, 0.25) is 0 Å². The Kier molecular flexibility index (Phi) is 4.76. The van der Waals surface area contributed by atoms with Gasteiger partial charge in [0.2, 0.25) is 6.41 Å². The van der Waals surface area contributed by atoms with Gasteiger partial charge in [-0.1, -0.05) is 0 Å². The van der Waals surface area contributed by atoms with Crippen molar-refractivity contribution in [3.8, 4) is 0 Å². The number of alkyl halides is 1. The van der Waals surface area contributed by atoms with Gasteiger partial charge >= 0.3 is 6.09 Å². The van der Waals surface area contributed by atoms with Crippen molar-refractivity contribution < 1.29 is 18.7 Å². The first-order chi connectivity index (χ1) is 8.65. The first kappa shape index (κ1) is 15.7. The number of halogens is 1. The molecule has 1 fully saturated rings. The molecule has 1 saturated heterocycles. The van der Waals surface area contributed by atoms with E-state index in [1.54, 1.807) is 20.8 Å². The average molecular weight is 274 g/mol. The van der Waals surface area contributed by atoms with E-state index in [0.717, 1.165) is 0 Å². The average Bonchev–Trinajstić information content (AvgIpc) is 2.24. The van der Waals surface area contributed by atoms with Crippen LogP contribution in [-0.4, -0.2) is 48.3 Å². The summed E-state index contributed by atoms with van der Waals surface area (Å²) < 4.78 is 19.6. The number of hydrogen-bond donors (Lipinski definition) is 1. The van der Waals surface area contributed by atoms with Gasteiger partial charge in [-0.05, 0) is 34.1 Å². The number of nitrogens with one attached hydrogen (secondary N) is 1. The van der Waals surface area contributed by atoms with Gasteiger partial charge in [-0.25, -0.2) is 9.18 Å². The predicted octanol–water partition coefficient (Wildman–Crippen LogP) is 1.72. The predicted molar refractivity (Wildman–Crippen MR) is 69.5 cm³/mol. The van der Waals surface area contributed by atoms with E-state index in [-0.39, 0.29) is 19.5 Å². The van der Waals surface area contributed by atoms with E-state index in [2.05, 4.69) is 5.32 Å². The maximum absolute atomic E-state index is 14.3. The Balaban J connectivity index is 2.64. The van der Waals surface area contributed by atoms with Crippen molar-refractivity contribution in [3.63, 3.8) is 0 Å². The fourth-order valence-corrected chi connectivity index (χ4v) is 2.07. The highest BCUT2D eigenvalue weighted by molar-refractivity contribution is 5.68. The van der Waals surface area contributed by atoms with Gasteiger partial charge in [0, 0.05) is 25.6 Å². The summed E-state index contributed by atoms with van der Waals surface area (Å²) in [6, 6.07) is 0. The van der Waals surface area contributed by atoms with Crippen LogP contribution in [0, 0.1) is 5.92 Å². The zero-order valence-electron chi connectivity index (χ0n) is 12.0. The molecule has 2 amide bonds. The highest BCUT2D eigenvalue weighted by Crippen LogP contribution is 2.31. The number of nitrogens with zero attached hydrogens (tertiary/aromatic N) is 1. The van der Waals surface area contributed by atoms with Gasteiger partial charge in [0.25, 0.3) is 0 Å². The molecule has 110 valence electrons. The Morgan fingerprint density at radius 2 is 2.21 bits per heavy atom. The van der Waals surface area contributed by atoms with Gasteiger partial charge in [0.15, 0.2) is 0 Å². The summed E-state index contributed by atoms with van der Waals surface area (Å²) in [4.78, 5) is 23.8. The molecule has 0 aromatic heterocycles. The Morgan fingerprint density at radius 3 is 2.74 bits per heavy atom. The molecule has 5 nitrogen and oxygen atoms in total. The molecular weight excluding hydrogens is 251 g/mol. The van der Waals surface area contributed by atoms with Crippen molar-refractivity contribution in [2.75, 3.05) is 19.6 Å². The quantitative estimate of drug-likeness (QED) is 0.797. The van der Waals surface area contributed by atoms with E-state index in [4.69, 9.17) is 4.74 Å². The first-order valence-electron chi connectivity index (χ1n) is 6.49. The molecule has 0 aromatic rings. The first-order valence-corrected chi connectivity index (χ1v) is 6.49. The minimum atomic E-state index is -1.38. The summed E-state index contributed by atoms with van der Waals surface area (Å²) in [7, 11) is 0. The second-order valence-corrected chi connectivity index (χ2v) is 6.18. The van der Waals surface area contributed by atoms with Gasteiger partial charge in [-0.2, -0.15) is 0 Å². The third-order valence-electron chi connectivity index (χ3n) is 3.26. The van der Waals surface area contributed by atoms with Gasteiger partial charge in [0.1, 0.15) is 11.3 Å². The normalized spacial score (nSPS) is 27.8. The van der Waals surface area contributed by atoms with Crippen LogP contribution in [0.1, 0.15) is 34.1 Å². The smallest absolute Gasteiger partial charge is 0.410 e. The van der Waals surface area contributed by atoms with Crippen LogP contribution in [-0.2, 0) is 9.53 Å². The minimum absolute atomic E-state index is 0.218. The van der Waals surface area contributed by atoms with Gasteiger partial charge in [-0.3, -0.25) is 4.79 Å². The van der Waals surface area contributed by atoms with E-state index in [9.17, 15) is 14.0 Å². The Hall–Kier alpha value is -1.33. The SMILES string of the molecule is CC(C)(C)OC(=O)N1CC[C@](C)(F)[C@@H](CNC=O)C1. The van der Waals surface area contributed by atoms with Gasteiger partial charge in [0.05, 0.1) is 0 Å². The number of rotatable bonds is 3. The molecule has 1 aliphatic rings. The van der Waals surface area contributed by atoms with Crippen LogP contribution >= 0.6 is 0 Å². The molecule has 0 bridgehead atoms. The summed E-state index contributed by atoms with van der Waals surface area (Å²) in [5, 5.41) is 2.48. The van der Waals surface area contributed by atoms with Crippen molar-refractivity contribution in [3.05, 3.63) is 0 Å². The summed E-state index contributed by atoms with van der Waals surface area (Å²) in [6.07, 6.45) is 0.360. The zero-order chi connectivity index (χ0) is 14.7. The third-order valence-corrected chi connectivity index (χ3v) is 3.26. The van der Waals surface area contributed by atoms with E-state index in [1.807, 2.05) is 0 Å². The van der Waals surface area contributed by atoms with Gasteiger partial charge < -0.3 is 15.0 Å². The molecule has 0 spiro atoms. The molecule has 0 unspecified atom stereocenters. The highest BCUT2D eigenvalue weighted by atomic mass is 19.1. The molecule has 6 heteroatoms. The third kappa shape index (κ3) is 4.69. The number of amides is 2. The second-order valence-electron chi connectivity index (χ2n) is 6.18. The number of ether oxygens (including phenoxy) is 1. The van der Waals surface area contributed by atoms with Crippen molar-refractivity contribution in [2.24, 2.45) is 5.92 Å². The van der Waals surface area contributed by atoms with E-state index in [0.29, 0.717) is 13.0 Å². The van der Waals surface area contributed by atoms with Crippen LogP contribution in [0.4, 0.5) is 9.18 Å². The number of carbonyl (C=O) groups excluding carboxylic acids is 2. The Morgan fingerprint density at radius 1 is 1.58 bits per heavy atom. The van der Waals surface area contributed by atoms with Crippen molar-refractivity contribution in [1.82, 2.24) is 10.2 Å². The standard InChI is InChI=1S/C13H23FN2O3/c1-12(2,3)19-11(18)16-6-5-13(4,14)10(8-16)7-15-9-17/h9-10H,5-8H2,1-4H3,(H,15,17)/t10-,13-/m0/s1. The Labute approximate surface area is 113 Å². The lowest BCUT2D eigenvalue weighted by atomic mass is 9.84. The lowest BCUT2D eigenvalue weighted by molar-refractivity contribution is -0.110. The maximum Gasteiger partial charge on any atom is 0.410 e. The molecule has 1 rings (SSSR count). The zero-order valence-corrected chi connectivity index (χ0v) is 12.0. The van der Waals surface area contributed by atoms with E-state index < -0.39 is 23.3 Å². The summed E-state index contributed by atoms with van der Waals surface area (Å²) in [5.41, 5.74) is -1.95.